The van der Waals surface area contributed by atoms with Crippen molar-refractivity contribution in [3.63, 3.8) is 0 Å². The number of nitrogens with one attached hydrogen (secondary N) is 1. The molecule has 0 atom stereocenters. The molecule has 0 amide bonds. The summed E-state index contributed by atoms with van der Waals surface area (Å²) in [6.45, 7) is 0. The van der Waals surface area contributed by atoms with Crippen molar-refractivity contribution in [1.29, 1.82) is 0 Å². The molecule has 0 saturated heterocycles. The molecule has 1 heterocycles. The predicted octanol–water partition coefficient (Wildman–Crippen LogP) is 4.36. The Balaban J connectivity index is 1.74. The van der Waals surface area contributed by atoms with Gasteiger partial charge in [-0.1, -0.05) is 65.6 Å². The van der Waals surface area contributed by atoms with Gasteiger partial charge in [0.15, 0.2) is 0 Å². The van der Waals surface area contributed by atoms with Crippen LogP contribution < -0.4 is 4.74 Å². The maximum absolute atomic E-state index is 11.2. The van der Waals surface area contributed by atoms with E-state index in [0.29, 0.717) is 5.75 Å². The Labute approximate surface area is 166 Å². The molecule has 0 aliphatic rings. The fourth-order valence-corrected chi connectivity index (χ4v) is 2.76. The number of carboxylic acids is 1. The maximum Gasteiger partial charge on any atom is 0.362 e. The van der Waals surface area contributed by atoms with Crippen molar-refractivity contribution in [2.45, 2.75) is 0 Å². The molecule has 6 nitrogen and oxygen atoms in total. The molecule has 2 N–H and O–H groups in total. The van der Waals surface area contributed by atoms with Gasteiger partial charge >= 0.3 is 5.97 Å². The first-order valence-corrected chi connectivity index (χ1v) is 8.79. The van der Waals surface area contributed by atoms with Gasteiger partial charge in [0.25, 0.3) is 5.88 Å². The minimum absolute atomic E-state index is 0.0281. The number of rotatable bonds is 4. The van der Waals surface area contributed by atoms with Gasteiger partial charge in [0.1, 0.15) is 5.75 Å². The number of H-pyrrole nitrogens is 1. The number of benzene rings is 3. The molecule has 0 bridgehead atoms. The van der Waals surface area contributed by atoms with Gasteiger partial charge < -0.3 is 9.84 Å². The minimum atomic E-state index is -1.22. The summed E-state index contributed by atoms with van der Waals surface area (Å²) >= 11 is 0. The highest BCUT2D eigenvalue weighted by Gasteiger charge is 2.17. The lowest BCUT2D eigenvalue weighted by atomic mass is 9.99. The second-order valence-corrected chi connectivity index (χ2v) is 6.09. The average molecular weight is 381 g/mol. The van der Waals surface area contributed by atoms with Crippen molar-refractivity contribution < 1.29 is 14.6 Å². The van der Waals surface area contributed by atoms with E-state index in [2.05, 4.69) is 27.3 Å². The minimum Gasteiger partial charge on any atom is -0.476 e. The number of aromatic carboxylic acids is 1. The van der Waals surface area contributed by atoms with Gasteiger partial charge in [-0.25, -0.2) is 9.89 Å². The van der Waals surface area contributed by atoms with E-state index >= 15 is 0 Å². The first-order chi connectivity index (χ1) is 14.2. The van der Waals surface area contributed by atoms with E-state index in [1.165, 1.54) is 0 Å². The highest BCUT2D eigenvalue weighted by molar-refractivity contribution is 5.87. The van der Waals surface area contributed by atoms with Gasteiger partial charge in [-0.3, -0.25) is 0 Å². The number of ether oxygens (including phenoxy) is 1. The molecule has 0 aliphatic heterocycles. The molecular formula is C23H15N3O3. The third-order valence-corrected chi connectivity index (χ3v) is 4.13. The molecule has 0 radical (unpaired) electrons. The van der Waals surface area contributed by atoms with E-state index < -0.39 is 5.97 Å². The number of carbonyl (C=O) groups is 1. The largest absolute Gasteiger partial charge is 0.476 e. The van der Waals surface area contributed by atoms with Gasteiger partial charge in [-0.2, -0.15) is 0 Å². The van der Waals surface area contributed by atoms with Crippen LogP contribution in [-0.4, -0.2) is 26.5 Å². The lowest BCUT2D eigenvalue weighted by molar-refractivity contribution is 0.0687. The van der Waals surface area contributed by atoms with Crippen molar-refractivity contribution in [3.05, 3.63) is 95.7 Å². The molecule has 4 aromatic rings. The molecule has 0 aliphatic carbocycles. The first-order valence-electron chi connectivity index (χ1n) is 8.79. The van der Waals surface area contributed by atoms with Crippen molar-refractivity contribution in [3.8, 4) is 34.6 Å². The SMILES string of the molecule is O=C(O)c1nn[nH]c1Oc1ccc(C#Cc2ccccc2)c(-c2ccccc2)c1. The first kappa shape index (κ1) is 18.0. The van der Waals surface area contributed by atoms with Gasteiger partial charge in [-0.15, -0.1) is 5.10 Å². The van der Waals surface area contributed by atoms with E-state index in [4.69, 9.17) is 9.84 Å². The van der Waals surface area contributed by atoms with Crippen LogP contribution in [0.1, 0.15) is 21.6 Å². The summed E-state index contributed by atoms with van der Waals surface area (Å²) in [5.41, 5.74) is 3.31. The highest BCUT2D eigenvalue weighted by atomic mass is 16.5. The van der Waals surface area contributed by atoms with Crippen LogP contribution in [0.2, 0.25) is 0 Å². The molecule has 0 spiro atoms. The lowest BCUT2D eigenvalue weighted by Gasteiger charge is -2.09. The summed E-state index contributed by atoms with van der Waals surface area (Å²) < 4.78 is 5.68. The summed E-state index contributed by atoms with van der Waals surface area (Å²) in [5, 5.41) is 18.6. The van der Waals surface area contributed by atoms with E-state index in [0.717, 1.165) is 22.3 Å². The summed E-state index contributed by atoms with van der Waals surface area (Å²) in [5.74, 6) is 5.58. The number of nitrogens with zero attached hydrogens (tertiary/aromatic N) is 2. The number of hydrogen-bond acceptors (Lipinski definition) is 4. The highest BCUT2D eigenvalue weighted by Crippen LogP contribution is 2.30. The molecule has 0 fully saturated rings. The Morgan fingerprint density at radius 2 is 1.66 bits per heavy atom. The van der Waals surface area contributed by atoms with Gasteiger partial charge in [0, 0.05) is 16.7 Å². The molecule has 1 aromatic heterocycles. The molecule has 6 heteroatoms. The van der Waals surface area contributed by atoms with Crippen molar-refractivity contribution >= 4 is 5.97 Å². The smallest absolute Gasteiger partial charge is 0.362 e. The quantitative estimate of drug-likeness (QED) is 0.513. The normalized spacial score (nSPS) is 10.1. The third-order valence-electron chi connectivity index (χ3n) is 4.13. The lowest BCUT2D eigenvalue weighted by Crippen LogP contribution is -2.00. The molecule has 3 aromatic carbocycles. The van der Waals surface area contributed by atoms with E-state index in [1.54, 1.807) is 6.07 Å². The molecule has 0 unspecified atom stereocenters. The Kier molecular flexibility index (Phi) is 5.04. The molecule has 29 heavy (non-hydrogen) atoms. The standard InChI is InChI=1S/C23H15N3O3/c27-23(28)21-22(25-26-24-21)29-19-14-13-18(12-11-16-7-3-1-4-8-16)20(15-19)17-9-5-2-6-10-17/h1-10,13-15H,(H,27,28)(H,24,25,26). The Morgan fingerprint density at radius 1 is 0.931 bits per heavy atom. The Morgan fingerprint density at radius 3 is 2.38 bits per heavy atom. The zero-order chi connectivity index (χ0) is 20.1. The predicted molar refractivity (Wildman–Crippen MR) is 108 cm³/mol. The topological polar surface area (TPSA) is 88.1 Å². The van der Waals surface area contributed by atoms with Crippen LogP contribution in [0.4, 0.5) is 0 Å². The van der Waals surface area contributed by atoms with E-state index in [-0.39, 0.29) is 11.6 Å². The Bertz CT molecular complexity index is 1210. The van der Waals surface area contributed by atoms with Crippen LogP contribution in [-0.2, 0) is 0 Å². The van der Waals surface area contributed by atoms with E-state index in [1.807, 2.05) is 72.8 Å². The summed E-state index contributed by atoms with van der Waals surface area (Å²) in [6, 6.07) is 24.9. The summed E-state index contributed by atoms with van der Waals surface area (Å²) in [7, 11) is 0. The van der Waals surface area contributed by atoms with Crippen LogP contribution in [0.5, 0.6) is 11.6 Å². The zero-order valence-corrected chi connectivity index (χ0v) is 15.2. The number of hydrogen-bond donors (Lipinski definition) is 2. The van der Waals surface area contributed by atoms with Gasteiger partial charge in [0.2, 0.25) is 5.69 Å². The summed E-state index contributed by atoms with van der Waals surface area (Å²) in [4.78, 5) is 11.2. The van der Waals surface area contributed by atoms with Crippen LogP contribution in [0.25, 0.3) is 11.1 Å². The Hall–Kier alpha value is -4.37. The van der Waals surface area contributed by atoms with Crippen LogP contribution >= 0.6 is 0 Å². The summed E-state index contributed by atoms with van der Waals surface area (Å²) in [6.07, 6.45) is 0. The van der Waals surface area contributed by atoms with Gasteiger partial charge in [-0.05, 0) is 35.9 Å². The van der Waals surface area contributed by atoms with Crippen LogP contribution in [0.15, 0.2) is 78.9 Å². The van der Waals surface area contributed by atoms with E-state index in [9.17, 15) is 4.79 Å². The van der Waals surface area contributed by atoms with Crippen molar-refractivity contribution in [2.24, 2.45) is 0 Å². The molecule has 4 rings (SSSR count). The third kappa shape index (κ3) is 4.15. The monoisotopic (exact) mass is 381 g/mol. The van der Waals surface area contributed by atoms with Crippen molar-refractivity contribution in [2.75, 3.05) is 0 Å². The molecule has 0 saturated carbocycles. The second-order valence-electron chi connectivity index (χ2n) is 6.09. The maximum atomic E-state index is 11.2. The van der Waals surface area contributed by atoms with Gasteiger partial charge in [0.05, 0.1) is 0 Å². The zero-order valence-electron chi connectivity index (χ0n) is 15.2. The molecular weight excluding hydrogens is 366 g/mol. The fourth-order valence-electron chi connectivity index (χ4n) is 2.76. The molecule has 140 valence electrons. The number of carboxylic acid groups (broad SMARTS) is 1. The average Bonchev–Trinajstić information content (AvgIpc) is 3.22. The van der Waals surface area contributed by atoms with Crippen LogP contribution in [0.3, 0.4) is 0 Å². The fraction of sp³-hybridized carbons (Fsp3) is 0. The van der Waals surface area contributed by atoms with Crippen LogP contribution in [0, 0.1) is 11.8 Å². The number of aromatic amines is 1. The van der Waals surface area contributed by atoms with Crippen molar-refractivity contribution in [1.82, 2.24) is 15.4 Å². The second kappa shape index (κ2) is 8.11. The number of aromatic nitrogens is 3.